The molecule has 0 aliphatic carbocycles. The molecule has 0 aliphatic rings. The number of phenolic OH excluding ortho intramolecular Hbond substituents is 1. The first kappa shape index (κ1) is 16.7. The number of phenols is 1. The number of hydrogen-bond acceptors (Lipinski definition) is 2. The van der Waals surface area contributed by atoms with Gasteiger partial charge in [0, 0.05) is 9.79 Å². The van der Waals surface area contributed by atoms with Crippen LogP contribution in [0.15, 0.2) is 82.6 Å². The standard InChI is InChI=1S/C22H22OS/c1-17-8-5-6-13-22(17)24-20-14-15-21(23)19(16-20)12-7-11-18-9-3-2-4-10-18/h2-6,8-10,13-16,23H,7,11-12H2,1H3. The van der Waals surface area contributed by atoms with Gasteiger partial charge in [0.25, 0.3) is 0 Å². The molecule has 122 valence electrons. The summed E-state index contributed by atoms with van der Waals surface area (Å²) in [6.07, 6.45) is 2.97. The maximum Gasteiger partial charge on any atom is 0.118 e. The van der Waals surface area contributed by atoms with Gasteiger partial charge in [0.15, 0.2) is 0 Å². The third-order valence-corrected chi connectivity index (χ3v) is 5.29. The zero-order chi connectivity index (χ0) is 16.8. The van der Waals surface area contributed by atoms with Crippen LogP contribution >= 0.6 is 11.8 Å². The molecule has 0 unspecified atom stereocenters. The summed E-state index contributed by atoms with van der Waals surface area (Å²) in [5, 5.41) is 10.1. The van der Waals surface area contributed by atoms with E-state index in [1.54, 1.807) is 11.8 Å². The molecule has 0 amide bonds. The second kappa shape index (κ2) is 8.07. The number of aryl methyl sites for hydroxylation is 3. The van der Waals surface area contributed by atoms with E-state index < -0.39 is 0 Å². The summed E-state index contributed by atoms with van der Waals surface area (Å²) in [6, 6.07) is 24.8. The molecule has 0 aromatic heterocycles. The summed E-state index contributed by atoms with van der Waals surface area (Å²) in [5.41, 5.74) is 3.66. The first-order chi connectivity index (χ1) is 11.7. The Morgan fingerprint density at radius 3 is 2.38 bits per heavy atom. The lowest BCUT2D eigenvalue weighted by molar-refractivity contribution is 0.466. The number of aromatic hydroxyl groups is 1. The largest absolute Gasteiger partial charge is 0.508 e. The van der Waals surface area contributed by atoms with Gasteiger partial charge in [-0.3, -0.25) is 0 Å². The van der Waals surface area contributed by atoms with Gasteiger partial charge in [-0.1, -0.05) is 60.3 Å². The van der Waals surface area contributed by atoms with Gasteiger partial charge in [0.1, 0.15) is 5.75 Å². The molecule has 1 nitrogen and oxygen atoms in total. The van der Waals surface area contributed by atoms with Gasteiger partial charge in [0.05, 0.1) is 0 Å². The highest BCUT2D eigenvalue weighted by molar-refractivity contribution is 7.99. The fraction of sp³-hybridized carbons (Fsp3) is 0.182. The molecule has 3 aromatic rings. The molecule has 0 heterocycles. The van der Waals surface area contributed by atoms with Crippen molar-refractivity contribution in [1.82, 2.24) is 0 Å². The monoisotopic (exact) mass is 334 g/mol. The van der Waals surface area contributed by atoms with Crippen LogP contribution in [0.4, 0.5) is 0 Å². The Kier molecular flexibility index (Phi) is 5.60. The van der Waals surface area contributed by atoms with Crippen LogP contribution in [0.25, 0.3) is 0 Å². The molecule has 0 bridgehead atoms. The van der Waals surface area contributed by atoms with Crippen LogP contribution in [-0.4, -0.2) is 5.11 Å². The summed E-state index contributed by atoms with van der Waals surface area (Å²) in [6.45, 7) is 2.13. The summed E-state index contributed by atoms with van der Waals surface area (Å²) >= 11 is 1.76. The SMILES string of the molecule is Cc1ccccc1Sc1ccc(O)c(CCCc2ccccc2)c1. The molecule has 0 radical (unpaired) electrons. The van der Waals surface area contributed by atoms with Crippen LogP contribution in [0, 0.1) is 6.92 Å². The Hall–Kier alpha value is -2.19. The minimum absolute atomic E-state index is 0.400. The quantitative estimate of drug-likeness (QED) is 0.594. The molecule has 1 N–H and O–H groups in total. The minimum Gasteiger partial charge on any atom is -0.508 e. The van der Waals surface area contributed by atoms with E-state index in [1.807, 2.05) is 18.2 Å². The van der Waals surface area contributed by atoms with E-state index in [9.17, 15) is 5.11 Å². The minimum atomic E-state index is 0.400. The van der Waals surface area contributed by atoms with E-state index in [0.29, 0.717) is 5.75 Å². The van der Waals surface area contributed by atoms with Crippen LogP contribution in [0.2, 0.25) is 0 Å². The lowest BCUT2D eigenvalue weighted by atomic mass is 10.0. The van der Waals surface area contributed by atoms with Crippen molar-refractivity contribution in [2.45, 2.75) is 36.0 Å². The molecule has 24 heavy (non-hydrogen) atoms. The average Bonchev–Trinajstić information content (AvgIpc) is 2.60. The third-order valence-electron chi connectivity index (χ3n) is 4.13. The normalized spacial score (nSPS) is 10.7. The maximum atomic E-state index is 10.1. The maximum absolute atomic E-state index is 10.1. The molecular weight excluding hydrogens is 312 g/mol. The number of rotatable bonds is 6. The zero-order valence-electron chi connectivity index (χ0n) is 13.9. The van der Waals surface area contributed by atoms with Crippen LogP contribution in [0.5, 0.6) is 5.75 Å². The van der Waals surface area contributed by atoms with E-state index in [1.165, 1.54) is 20.9 Å². The van der Waals surface area contributed by atoms with Gasteiger partial charge in [-0.2, -0.15) is 0 Å². The Labute approximate surface area is 148 Å². The van der Waals surface area contributed by atoms with Crippen LogP contribution < -0.4 is 0 Å². The molecule has 0 saturated heterocycles. The number of benzene rings is 3. The Balaban J connectivity index is 1.66. The van der Waals surface area contributed by atoms with E-state index in [0.717, 1.165) is 24.8 Å². The Morgan fingerprint density at radius 2 is 1.58 bits per heavy atom. The lowest BCUT2D eigenvalue weighted by Crippen LogP contribution is -1.91. The van der Waals surface area contributed by atoms with Crippen molar-refractivity contribution in [2.75, 3.05) is 0 Å². The topological polar surface area (TPSA) is 20.2 Å². The zero-order valence-corrected chi connectivity index (χ0v) is 14.7. The van der Waals surface area contributed by atoms with Gasteiger partial charge in [-0.15, -0.1) is 0 Å². The molecule has 0 fully saturated rings. The van der Waals surface area contributed by atoms with Gasteiger partial charge >= 0.3 is 0 Å². The predicted molar refractivity (Wildman–Crippen MR) is 102 cm³/mol. The van der Waals surface area contributed by atoms with Crippen molar-refractivity contribution >= 4 is 11.8 Å². The van der Waals surface area contributed by atoms with E-state index in [-0.39, 0.29) is 0 Å². The summed E-state index contributed by atoms with van der Waals surface area (Å²) in [7, 11) is 0. The first-order valence-electron chi connectivity index (χ1n) is 8.32. The van der Waals surface area contributed by atoms with Crippen LogP contribution in [-0.2, 0) is 12.8 Å². The highest BCUT2D eigenvalue weighted by Crippen LogP contribution is 2.33. The highest BCUT2D eigenvalue weighted by Gasteiger charge is 2.06. The molecule has 0 atom stereocenters. The van der Waals surface area contributed by atoms with Crippen molar-refractivity contribution in [1.29, 1.82) is 0 Å². The first-order valence-corrected chi connectivity index (χ1v) is 9.13. The van der Waals surface area contributed by atoms with Gasteiger partial charge in [-0.25, -0.2) is 0 Å². The molecule has 3 aromatic carbocycles. The predicted octanol–water partition coefficient (Wildman–Crippen LogP) is 6.03. The Morgan fingerprint density at radius 1 is 0.833 bits per heavy atom. The number of hydrogen-bond donors (Lipinski definition) is 1. The van der Waals surface area contributed by atoms with Gasteiger partial charge in [0.2, 0.25) is 0 Å². The van der Waals surface area contributed by atoms with Crippen molar-refractivity contribution < 1.29 is 5.11 Å². The summed E-state index contributed by atoms with van der Waals surface area (Å²) < 4.78 is 0. The fourth-order valence-electron chi connectivity index (χ4n) is 2.75. The summed E-state index contributed by atoms with van der Waals surface area (Å²) in [5.74, 6) is 0.400. The summed E-state index contributed by atoms with van der Waals surface area (Å²) in [4.78, 5) is 2.44. The molecule has 3 rings (SSSR count). The molecule has 0 aliphatic heterocycles. The molecule has 2 heteroatoms. The fourth-order valence-corrected chi connectivity index (χ4v) is 3.72. The van der Waals surface area contributed by atoms with Crippen molar-refractivity contribution in [2.24, 2.45) is 0 Å². The van der Waals surface area contributed by atoms with E-state index >= 15 is 0 Å². The molecule has 0 saturated carbocycles. The Bertz CT molecular complexity index is 796. The van der Waals surface area contributed by atoms with E-state index in [2.05, 4.69) is 61.5 Å². The van der Waals surface area contributed by atoms with Crippen molar-refractivity contribution in [3.8, 4) is 5.75 Å². The highest BCUT2D eigenvalue weighted by atomic mass is 32.2. The average molecular weight is 334 g/mol. The van der Waals surface area contributed by atoms with Gasteiger partial charge < -0.3 is 5.11 Å². The van der Waals surface area contributed by atoms with E-state index in [4.69, 9.17) is 0 Å². The van der Waals surface area contributed by atoms with Crippen molar-refractivity contribution in [3.63, 3.8) is 0 Å². The van der Waals surface area contributed by atoms with Crippen LogP contribution in [0.1, 0.15) is 23.1 Å². The van der Waals surface area contributed by atoms with Crippen molar-refractivity contribution in [3.05, 3.63) is 89.5 Å². The third kappa shape index (κ3) is 4.42. The second-order valence-corrected chi connectivity index (χ2v) is 7.11. The molecular formula is C22H22OS. The smallest absolute Gasteiger partial charge is 0.118 e. The second-order valence-electron chi connectivity index (χ2n) is 6.00. The van der Waals surface area contributed by atoms with Gasteiger partial charge in [-0.05, 0) is 67.1 Å². The molecule has 0 spiro atoms. The lowest BCUT2D eigenvalue weighted by Gasteiger charge is -2.09. The van der Waals surface area contributed by atoms with Crippen LogP contribution in [0.3, 0.4) is 0 Å².